The Hall–Kier alpha value is -0.530. The predicted octanol–water partition coefficient (Wildman–Crippen LogP) is 1.60. The lowest BCUT2D eigenvalue weighted by atomic mass is 10.2. The molecule has 1 fully saturated rings. The molecule has 0 aliphatic heterocycles. The van der Waals surface area contributed by atoms with E-state index in [4.69, 9.17) is 4.74 Å². The molecular weight excluding hydrogens is 128 g/mol. The third kappa shape index (κ3) is 1.49. The highest BCUT2D eigenvalue weighted by atomic mass is 16.5. The van der Waals surface area contributed by atoms with Gasteiger partial charge in [0.25, 0.3) is 0 Å². The number of hydrogen-bond acceptors (Lipinski definition) is 2. The van der Waals surface area contributed by atoms with E-state index in [1.165, 1.54) is 0 Å². The summed E-state index contributed by atoms with van der Waals surface area (Å²) in [6.07, 6.45) is 2.17. The van der Waals surface area contributed by atoms with E-state index >= 15 is 0 Å². The van der Waals surface area contributed by atoms with Crippen LogP contribution in [-0.2, 0) is 9.53 Å². The fourth-order valence-electron chi connectivity index (χ4n) is 1.24. The van der Waals surface area contributed by atoms with Gasteiger partial charge in [0.15, 0.2) is 0 Å². The molecule has 2 heteroatoms. The summed E-state index contributed by atoms with van der Waals surface area (Å²) in [7, 11) is 0. The van der Waals surface area contributed by atoms with E-state index in [0.29, 0.717) is 12.5 Å². The van der Waals surface area contributed by atoms with Crippen molar-refractivity contribution in [3.8, 4) is 0 Å². The Kier molecular flexibility index (Phi) is 2.30. The minimum absolute atomic E-state index is 0.00866. The molecule has 0 aromatic heterocycles. The zero-order valence-corrected chi connectivity index (χ0v) is 6.59. The molecule has 1 aliphatic carbocycles. The van der Waals surface area contributed by atoms with Crippen LogP contribution in [0.4, 0.5) is 0 Å². The molecule has 0 unspecified atom stereocenters. The van der Waals surface area contributed by atoms with Crippen LogP contribution in [0, 0.1) is 11.8 Å². The van der Waals surface area contributed by atoms with E-state index in [1.54, 1.807) is 0 Å². The van der Waals surface area contributed by atoms with Gasteiger partial charge in [-0.1, -0.05) is 13.3 Å². The van der Waals surface area contributed by atoms with E-state index < -0.39 is 0 Å². The molecule has 2 atom stereocenters. The maximum Gasteiger partial charge on any atom is 0.309 e. The van der Waals surface area contributed by atoms with Crippen molar-refractivity contribution >= 4 is 5.97 Å². The molecule has 2 nitrogen and oxygen atoms in total. The van der Waals surface area contributed by atoms with Crippen LogP contribution in [0.5, 0.6) is 0 Å². The lowest BCUT2D eigenvalue weighted by molar-refractivity contribution is -0.145. The minimum Gasteiger partial charge on any atom is -0.466 e. The van der Waals surface area contributed by atoms with Gasteiger partial charge in [0.2, 0.25) is 0 Å². The molecule has 58 valence electrons. The Morgan fingerprint density at radius 3 is 2.70 bits per heavy atom. The summed E-state index contributed by atoms with van der Waals surface area (Å²) in [5.41, 5.74) is 0. The number of carbonyl (C=O) groups excluding carboxylic acids is 1. The van der Waals surface area contributed by atoms with E-state index in [-0.39, 0.29) is 11.9 Å². The van der Waals surface area contributed by atoms with Crippen LogP contribution in [0.1, 0.15) is 26.7 Å². The predicted molar refractivity (Wildman–Crippen MR) is 38.5 cm³/mol. The molecule has 0 heterocycles. The first kappa shape index (κ1) is 7.58. The molecule has 0 aromatic carbocycles. The molecule has 0 saturated heterocycles. The molecule has 1 saturated carbocycles. The van der Waals surface area contributed by atoms with Crippen LogP contribution in [0.3, 0.4) is 0 Å². The van der Waals surface area contributed by atoms with E-state index in [9.17, 15) is 4.79 Å². The lowest BCUT2D eigenvalue weighted by Crippen LogP contribution is -2.07. The average Bonchev–Trinajstić information content (AvgIpc) is 2.66. The summed E-state index contributed by atoms with van der Waals surface area (Å²) >= 11 is 0. The van der Waals surface area contributed by atoms with E-state index in [0.717, 1.165) is 12.8 Å². The highest BCUT2D eigenvalue weighted by Gasteiger charge is 2.42. The fourth-order valence-corrected chi connectivity index (χ4v) is 1.24. The molecule has 0 bridgehead atoms. The Balaban J connectivity index is 2.19. The summed E-state index contributed by atoms with van der Waals surface area (Å²) in [6.45, 7) is 4.48. The second-order valence-electron chi connectivity index (χ2n) is 2.76. The fraction of sp³-hybridized carbons (Fsp3) is 0.875. The zero-order chi connectivity index (χ0) is 7.56. The summed E-state index contributed by atoms with van der Waals surface area (Å²) in [5, 5.41) is 0. The second-order valence-corrected chi connectivity index (χ2v) is 2.76. The standard InChI is InChI=1S/C8H14O2/c1-3-6-5-7(6)8(9)10-4-2/h6-7H,3-5H2,1-2H3/t6-,7+/m0/s1. The first-order chi connectivity index (χ1) is 4.79. The third-order valence-electron chi connectivity index (χ3n) is 2.04. The molecule has 1 rings (SSSR count). The van der Waals surface area contributed by atoms with Crippen molar-refractivity contribution in [1.82, 2.24) is 0 Å². The molecule has 10 heavy (non-hydrogen) atoms. The molecule has 0 spiro atoms. The van der Waals surface area contributed by atoms with Crippen molar-refractivity contribution in [1.29, 1.82) is 0 Å². The first-order valence-electron chi connectivity index (χ1n) is 3.96. The van der Waals surface area contributed by atoms with Crippen LogP contribution in [0.25, 0.3) is 0 Å². The molecular formula is C8H14O2. The van der Waals surface area contributed by atoms with Crippen molar-refractivity contribution in [2.75, 3.05) is 6.61 Å². The van der Waals surface area contributed by atoms with Gasteiger partial charge < -0.3 is 4.74 Å². The van der Waals surface area contributed by atoms with Gasteiger partial charge in [-0.2, -0.15) is 0 Å². The van der Waals surface area contributed by atoms with Crippen LogP contribution in [-0.4, -0.2) is 12.6 Å². The normalized spacial score (nSPS) is 29.8. The van der Waals surface area contributed by atoms with Gasteiger partial charge in [-0.25, -0.2) is 0 Å². The summed E-state index contributed by atoms with van der Waals surface area (Å²) in [5.74, 6) is 0.873. The van der Waals surface area contributed by atoms with Gasteiger partial charge in [-0.15, -0.1) is 0 Å². The monoisotopic (exact) mass is 142 g/mol. The van der Waals surface area contributed by atoms with E-state index in [1.807, 2.05) is 6.92 Å². The molecule has 0 amide bonds. The Morgan fingerprint density at radius 2 is 2.30 bits per heavy atom. The summed E-state index contributed by atoms with van der Waals surface area (Å²) in [6, 6.07) is 0. The Bertz CT molecular complexity index is 131. The second kappa shape index (κ2) is 3.04. The van der Waals surface area contributed by atoms with Gasteiger partial charge >= 0.3 is 5.97 Å². The van der Waals surface area contributed by atoms with Crippen molar-refractivity contribution in [3.63, 3.8) is 0 Å². The number of ether oxygens (including phenoxy) is 1. The van der Waals surface area contributed by atoms with Gasteiger partial charge in [0, 0.05) is 0 Å². The van der Waals surface area contributed by atoms with Crippen molar-refractivity contribution < 1.29 is 9.53 Å². The number of carbonyl (C=O) groups is 1. The van der Waals surface area contributed by atoms with Crippen molar-refractivity contribution in [3.05, 3.63) is 0 Å². The zero-order valence-electron chi connectivity index (χ0n) is 6.59. The highest BCUT2D eigenvalue weighted by molar-refractivity contribution is 5.75. The maximum absolute atomic E-state index is 11.0. The van der Waals surface area contributed by atoms with E-state index in [2.05, 4.69) is 6.92 Å². The van der Waals surface area contributed by atoms with Crippen LogP contribution in [0.2, 0.25) is 0 Å². The average molecular weight is 142 g/mol. The third-order valence-corrected chi connectivity index (χ3v) is 2.04. The number of esters is 1. The summed E-state index contributed by atoms with van der Waals surface area (Å²) in [4.78, 5) is 11.0. The Labute approximate surface area is 61.6 Å². The smallest absolute Gasteiger partial charge is 0.309 e. The first-order valence-corrected chi connectivity index (χ1v) is 3.96. The lowest BCUT2D eigenvalue weighted by Gasteiger charge is -1.97. The van der Waals surface area contributed by atoms with Crippen molar-refractivity contribution in [2.45, 2.75) is 26.7 Å². The largest absolute Gasteiger partial charge is 0.466 e. The van der Waals surface area contributed by atoms with Crippen molar-refractivity contribution in [2.24, 2.45) is 11.8 Å². The van der Waals surface area contributed by atoms with Gasteiger partial charge in [-0.3, -0.25) is 4.79 Å². The number of hydrogen-bond donors (Lipinski definition) is 0. The Morgan fingerprint density at radius 1 is 1.60 bits per heavy atom. The highest BCUT2D eigenvalue weighted by Crippen LogP contribution is 2.41. The summed E-state index contributed by atoms with van der Waals surface area (Å²) < 4.78 is 4.86. The topological polar surface area (TPSA) is 26.3 Å². The molecule has 0 aromatic rings. The van der Waals surface area contributed by atoms with Gasteiger partial charge in [0.1, 0.15) is 0 Å². The van der Waals surface area contributed by atoms with Crippen LogP contribution in [0.15, 0.2) is 0 Å². The quantitative estimate of drug-likeness (QED) is 0.559. The van der Waals surface area contributed by atoms with Crippen LogP contribution >= 0.6 is 0 Å². The van der Waals surface area contributed by atoms with Gasteiger partial charge in [0.05, 0.1) is 12.5 Å². The minimum atomic E-state index is 0.00866. The molecule has 1 aliphatic rings. The maximum atomic E-state index is 11.0. The van der Waals surface area contributed by atoms with Gasteiger partial charge in [-0.05, 0) is 19.3 Å². The molecule has 0 radical (unpaired) electrons. The molecule has 0 N–H and O–H groups in total. The number of rotatable bonds is 3. The SMILES string of the molecule is CCOC(=O)[C@@H]1C[C@@H]1CC. The van der Waals surface area contributed by atoms with Crippen LogP contribution < -0.4 is 0 Å².